The average molecular weight is 250 g/mol. The maximum Gasteiger partial charge on any atom is 0.340 e. The zero-order valence-corrected chi connectivity index (χ0v) is 10.4. The van der Waals surface area contributed by atoms with Crippen LogP contribution in [0.2, 0.25) is 0 Å². The van der Waals surface area contributed by atoms with E-state index in [-0.39, 0.29) is 5.97 Å². The summed E-state index contributed by atoms with van der Waals surface area (Å²) in [5.41, 5.74) is 7.57. The molecule has 0 bridgehead atoms. The molecule has 1 aliphatic rings. The third-order valence-corrected chi connectivity index (χ3v) is 3.09. The number of para-hydroxylation sites is 1. The SMILES string of the molecule is COC(=O)c1cccc(N)c1NCC1CCOC1. The average Bonchev–Trinajstić information content (AvgIpc) is 2.89. The number of rotatable bonds is 4. The van der Waals surface area contributed by atoms with Crippen molar-refractivity contribution in [3.8, 4) is 0 Å². The molecule has 0 amide bonds. The first kappa shape index (κ1) is 12.7. The number of carbonyl (C=O) groups excluding carboxylic acids is 1. The van der Waals surface area contributed by atoms with Crippen LogP contribution in [0.3, 0.4) is 0 Å². The van der Waals surface area contributed by atoms with Crippen molar-refractivity contribution in [1.82, 2.24) is 0 Å². The highest BCUT2D eigenvalue weighted by atomic mass is 16.5. The van der Waals surface area contributed by atoms with Crippen LogP contribution in [0, 0.1) is 5.92 Å². The minimum Gasteiger partial charge on any atom is -0.465 e. The van der Waals surface area contributed by atoms with Gasteiger partial charge in [0.25, 0.3) is 0 Å². The van der Waals surface area contributed by atoms with Crippen LogP contribution < -0.4 is 11.1 Å². The van der Waals surface area contributed by atoms with Crippen LogP contribution in [-0.2, 0) is 9.47 Å². The van der Waals surface area contributed by atoms with Crippen molar-refractivity contribution in [2.75, 3.05) is 37.9 Å². The number of methoxy groups -OCH3 is 1. The standard InChI is InChI=1S/C13H18N2O3/c1-17-13(16)10-3-2-4-11(14)12(10)15-7-9-5-6-18-8-9/h2-4,9,15H,5-8,14H2,1H3. The summed E-state index contributed by atoms with van der Waals surface area (Å²) in [6.07, 6.45) is 1.04. The molecule has 5 heteroatoms. The van der Waals surface area contributed by atoms with Gasteiger partial charge in [0.1, 0.15) is 0 Å². The lowest BCUT2D eigenvalue weighted by Crippen LogP contribution is -2.17. The van der Waals surface area contributed by atoms with Crippen LogP contribution in [0.25, 0.3) is 0 Å². The molecule has 0 radical (unpaired) electrons. The van der Waals surface area contributed by atoms with Gasteiger partial charge in [0.05, 0.1) is 30.7 Å². The van der Waals surface area contributed by atoms with Crippen molar-refractivity contribution in [3.05, 3.63) is 23.8 Å². The quantitative estimate of drug-likeness (QED) is 0.626. The fraction of sp³-hybridized carbons (Fsp3) is 0.462. The highest BCUT2D eigenvalue weighted by Gasteiger charge is 2.18. The Morgan fingerprint density at radius 2 is 2.44 bits per heavy atom. The number of nitrogens with one attached hydrogen (secondary N) is 1. The normalized spacial score (nSPS) is 18.6. The lowest BCUT2D eigenvalue weighted by Gasteiger charge is -2.15. The van der Waals surface area contributed by atoms with Crippen LogP contribution in [0.1, 0.15) is 16.8 Å². The second-order valence-corrected chi connectivity index (χ2v) is 4.37. The number of ether oxygens (including phenoxy) is 2. The van der Waals surface area contributed by atoms with Gasteiger partial charge in [-0.3, -0.25) is 0 Å². The highest BCUT2D eigenvalue weighted by molar-refractivity contribution is 5.98. The molecule has 0 aromatic heterocycles. The first-order valence-corrected chi connectivity index (χ1v) is 6.00. The Hall–Kier alpha value is -1.75. The summed E-state index contributed by atoms with van der Waals surface area (Å²) in [6, 6.07) is 5.21. The molecule has 18 heavy (non-hydrogen) atoms. The van der Waals surface area contributed by atoms with E-state index in [0.717, 1.165) is 26.2 Å². The zero-order chi connectivity index (χ0) is 13.0. The minimum absolute atomic E-state index is 0.382. The number of hydrogen-bond donors (Lipinski definition) is 2. The topological polar surface area (TPSA) is 73.6 Å². The number of nitrogens with two attached hydrogens (primary N) is 1. The van der Waals surface area contributed by atoms with Crippen LogP contribution in [0.15, 0.2) is 18.2 Å². The Balaban J connectivity index is 2.11. The van der Waals surface area contributed by atoms with E-state index < -0.39 is 0 Å². The van der Waals surface area contributed by atoms with Crippen molar-refractivity contribution in [2.45, 2.75) is 6.42 Å². The summed E-state index contributed by atoms with van der Waals surface area (Å²) in [6.45, 7) is 2.31. The van der Waals surface area contributed by atoms with E-state index >= 15 is 0 Å². The molecule has 1 aliphatic heterocycles. The van der Waals surface area contributed by atoms with Gasteiger partial charge < -0.3 is 20.5 Å². The molecule has 3 N–H and O–H groups in total. The fourth-order valence-corrected chi connectivity index (χ4v) is 2.04. The number of benzene rings is 1. The molecule has 1 atom stereocenters. The highest BCUT2D eigenvalue weighted by Crippen LogP contribution is 2.25. The summed E-state index contributed by atoms with van der Waals surface area (Å²) in [5, 5.41) is 3.23. The van der Waals surface area contributed by atoms with Gasteiger partial charge >= 0.3 is 5.97 Å². The van der Waals surface area contributed by atoms with Crippen molar-refractivity contribution < 1.29 is 14.3 Å². The number of hydrogen-bond acceptors (Lipinski definition) is 5. The predicted molar refractivity (Wildman–Crippen MR) is 69.6 cm³/mol. The molecule has 98 valence electrons. The second kappa shape index (κ2) is 5.73. The molecule has 1 heterocycles. The minimum atomic E-state index is -0.382. The number of esters is 1. The first-order valence-electron chi connectivity index (χ1n) is 6.00. The van der Waals surface area contributed by atoms with E-state index in [9.17, 15) is 4.79 Å². The van der Waals surface area contributed by atoms with Crippen molar-refractivity contribution >= 4 is 17.3 Å². The van der Waals surface area contributed by atoms with E-state index in [1.165, 1.54) is 7.11 Å². The molecule has 1 unspecified atom stereocenters. The zero-order valence-electron chi connectivity index (χ0n) is 10.4. The Labute approximate surface area is 106 Å². The third kappa shape index (κ3) is 2.73. The van der Waals surface area contributed by atoms with Gasteiger partial charge in [-0.2, -0.15) is 0 Å². The van der Waals surface area contributed by atoms with Crippen molar-refractivity contribution in [1.29, 1.82) is 0 Å². The van der Waals surface area contributed by atoms with Gasteiger partial charge in [-0.05, 0) is 18.6 Å². The Morgan fingerprint density at radius 3 is 3.11 bits per heavy atom. The molecule has 0 aliphatic carbocycles. The smallest absolute Gasteiger partial charge is 0.340 e. The molecule has 1 aromatic rings. The van der Waals surface area contributed by atoms with Gasteiger partial charge in [-0.15, -0.1) is 0 Å². The largest absolute Gasteiger partial charge is 0.465 e. The lowest BCUT2D eigenvalue weighted by molar-refractivity contribution is 0.0602. The van der Waals surface area contributed by atoms with Crippen molar-refractivity contribution in [2.24, 2.45) is 5.92 Å². The van der Waals surface area contributed by atoms with Crippen LogP contribution in [0.5, 0.6) is 0 Å². The molecule has 0 saturated carbocycles. The molecule has 5 nitrogen and oxygen atoms in total. The summed E-state index contributed by atoms with van der Waals surface area (Å²) < 4.78 is 10.1. The monoisotopic (exact) mass is 250 g/mol. The molecule has 1 fully saturated rings. The maximum atomic E-state index is 11.6. The van der Waals surface area contributed by atoms with Crippen LogP contribution >= 0.6 is 0 Å². The van der Waals surface area contributed by atoms with Crippen molar-refractivity contribution in [3.63, 3.8) is 0 Å². The summed E-state index contributed by atoms with van der Waals surface area (Å²) in [4.78, 5) is 11.6. The molecular weight excluding hydrogens is 232 g/mol. The van der Waals surface area contributed by atoms with E-state index in [1.807, 2.05) is 0 Å². The summed E-state index contributed by atoms with van der Waals surface area (Å²) in [7, 11) is 1.36. The molecule has 1 aromatic carbocycles. The lowest BCUT2D eigenvalue weighted by atomic mass is 10.1. The summed E-state index contributed by atoms with van der Waals surface area (Å²) in [5.74, 6) is 0.0857. The number of carbonyl (C=O) groups is 1. The first-order chi connectivity index (χ1) is 8.72. The molecule has 2 rings (SSSR count). The second-order valence-electron chi connectivity index (χ2n) is 4.37. The van der Waals surface area contributed by atoms with E-state index in [1.54, 1.807) is 18.2 Å². The van der Waals surface area contributed by atoms with Crippen LogP contribution in [0.4, 0.5) is 11.4 Å². The molecule has 1 saturated heterocycles. The molecule has 0 spiro atoms. The Bertz CT molecular complexity index is 428. The van der Waals surface area contributed by atoms with Gasteiger partial charge in [0, 0.05) is 19.1 Å². The van der Waals surface area contributed by atoms with Crippen LogP contribution in [-0.4, -0.2) is 32.8 Å². The number of anilines is 2. The van der Waals surface area contributed by atoms with E-state index in [4.69, 9.17) is 15.2 Å². The maximum absolute atomic E-state index is 11.6. The van der Waals surface area contributed by atoms with E-state index in [2.05, 4.69) is 5.32 Å². The third-order valence-electron chi connectivity index (χ3n) is 3.09. The predicted octanol–water partition coefficient (Wildman–Crippen LogP) is 1.50. The Kier molecular flexibility index (Phi) is 4.04. The van der Waals surface area contributed by atoms with Gasteiger partial charge in [-0.25, -0.2) is 4.79 Å². The van der Waals surface area contributed by atoms with E-state index in [0.29, 0.717) is 22.9 Å². The number of nitrogen functional groups attached to an aromatic ring is 1. The van der Waals surface area contributed by atoms with Gasteiger partial charge in [-0.1, -0.05) is 6.07 Å². The summed E-state index contributed by atoms with van der Waals surface area (Å²) >= 11 is 0. The van der Waals surface area contributed by atoms with Gasteiger partial charge in [0.15, 0.2) is 0 Å². The molecular formula is C13H18N2O3. The Morgan fingerprint density at radius 1 is 1.61 bits per heavy atom. The van der Waals surface area contributed by atoms with Gasteiger partial charge in [0.2, 0.25) is 0 Å². The fourth-order valence-electron chi connectivity index (χ4n) is 2.04.